The van der Waals surface area contributed by atoms with Crippen LogP contribution < -0.4 is 16.0 Å². The molecule has 1 aromatic carbocycles. The monoisotopic (exact) mass is 365 g/mol. The number of fused-ring (bicyclic) bond motifs is 3. The molecule has 0 spiro atoms. The zero-order chi connectivity index (χ0) is 18.5. The number of rotatable bonds is 2. The molecule has 0 atom stereocenters. The Balaban J connectivity index is 2.02. The molecule has 136 valence electrons. The number of nitrogens with one attached hydrogen (secondary N) is 1. The van der Waals surface area contributed by atoms with E-state index < -0.39 is 23.2 Å². The minimum absolute atomic E-state index is 0.0863. The molecule has 3 N–H and O–H groups in total. The third kappa shape index (κ3) is 2.60. The summed E-state index contributed by atoms with van der Waals surface area (Å²) >= 11 is 0. The molecular weight excluding hydrogens is 351 g/mol. The van der Waals surface area contributed by atoms with Crippen LogP contribution in [0.25, 0.3) is 16.7 Å². The van der Waals surface area contributed by atoms with Crippen LogP contribution in [0.2, 0.25) is 0 Å². The zero-order valence-electron chi connectivity index (χ0n) is 13.4. The van der Waals surface area contributed by atoms with E-state index in [1.54, 1.807) is 0 Å². The number of carbonyl (C=O) groups excluding carboxylic acids is 1. The second kappa shape index (κ2) is 5.80. The van der Waals surface area contributed by atoms with E-state index in [1.807, 2.05) is 4.90 Å². The van der Waals surface area contributed by atoms with Gasteiger partial charge in [-0.25, -0.2) is 4.98 Å². The number of piperazine rings is 1. The van der Waals surface area contributed by atoms with Crippen LogP contribution in [0.5, 0.6) is 0 Å². The van der Waals surface area contributed by atoms with Crippen molar-refractivity contribution in [2.75, 3.05) is 31.1 Å². The molecule has 1 aliphatic heterocycles. The molecule has 0 bridgehead atoms. The highest BCUT2D eigenvalue weighted by Crippen LogP contribution is 2.35. The fraction of sp³-hybridized carbons (Fsp3) is 0.333. The number of nitrogens with zero attached hydrogens (tertiary/aromatic N) is 5. The molecule has 1 aliphatic rings. The minimum atomic E-state index is -4.72. The van der Waals surface area contributed by atoms with Crippen LogP contribution in [0, 0.1) is 0 Å². The number of halogens is 3. The van der Waals surface area contributed by atoms with Gasteiger partial charge in [-0.1, -0.05) is 0 Å². The van der Waals surface area contributed by atoms with Crippen LogP contribution in [-0.4, -0.2) is 51.7 Å². The van der Waals surface area contributed by atoms with E-state index in [0.717, 1.165) is 25.2 Å². The highest BCUT2D eigenvalue weighted by molar-refractivity contribution is 5.99. The molecule has 1 amide bonds. The lowest BCUT2D eigenvalue weighted by Crippen LogP contribution is -2.44. The van der Waals surface area contributed by atoms with Crippen molar-refractivity contribution >= 4 is 28.4 Å². The molecule has 0 radical (unpaired) electrons. The van der Waals surface area contributed by atoms with E-state index in [4.69, 9.17) is 5.73 Å². The quantitative estimate of drug-likeness (QED) is 0.697. The number of primary amides is 1. The standard InChI is InChI=1S/C15H14F3N7O/c16-15(17,18)9-6-10-11(5-8(9)12(19)26)25-7-21-23-14(25)13(22-10)24-3-1-20-2-4-24/h5-7,20H,1-4H2,(H2,19,26). The maximum atomic E-state index is 13.4. The molecule has 26 heavy (non-hydrogen) atoms. The molecule has 1 fully saturated rings. The van der Waals surface area contributed by atoms with Crippen molar-refractivity contribution in [1.82, 2.24) is 24.9 Å². The number of carbonyl (C=O) groups is 1. The van der Waals surface area contributed by atoms with Gasteiger partial charge in [-0.2, -0.15) is 13.2 Å². The first-order valence-electron chi connectivity index (χ1n) is 7.86. The van der Waals surface area contributed by atoms with E-state index in [9.17, 15) is 18.0 Å². The first-order chi connectivity index (χ1) is 12.4. The summed E-state index contributed by atoms with van der Waals surface area (Å²) in [6, 6.07) is 1.94. The molecule has 2 aromatic heterocycles. The van der Waals surface area contributed by atoms with Crippen molar-refractivity contribution in [1.29, 1.82) is 0 Å². The summed E-state index contributed by atoms with van der Waals surface area (Å²) < 4.78 is 41.6. The third-order valence-electron chi connectivity index (χ3n) is 4.34. The highest BCUT2D eigenvalue weighted by Gasteiger charge is 2.36. The summed E-state index contributed by atoms with van der Waals surface area (Å²) in [5, 5.41) is 11.1. The van der Waals surface area contributed by atoms with Crippen molar-refractivity contribution < 1.29 is 18.0 Å². The number of hydrogen-bond acceptors (Lipinski definition) is 6. The van der Waals surface area contributed by atoms with Crippen LogP contribution in [-0.2, 0) is 6.18 Å². The summed E-state index contributed by atoms with van der Waals surface area (Å²) in [6.45, 7) is 2.75. The van der Waals surface area contributed by atoms with Gasteiger partial charge in [0.25, 0.3) is 0 Å². The fourth-order valence-electron chi connectivity index (χ4n) is 3.11. The topological polar surface area (TPSA) is 101 Å². The van der Waals surface area contributed by atoms with Gasteiger partial charge in [0, 0.05) is 26.2 Å². The van der Waals surface area contributed by atoms with Crippen LogP contribution in [0.4, 0.5) is 19.0 Å². The number of alkyl halides is 3. The number of aromatic nitrogens is 4. The summed E-state index contributed by atoms with van der Waals surface area (Å²) in [5.41, 5.74) is 4.21. The van der Waals surface area contributed by atoms with Gasteiger partial charge < -0.3 is 16.0 Å². The Labute approximate surface area is 144 Å². The number of nitrogens with two attached hydrogens (primary N) is 1. The Morgan fingerprint density at radius 2 is 1.96 bits per heavy atom. The van der Waals surface area contributed by atoms with Crippen molar-refractivity contribution in [2.24, 2.45) is 5.73 Å². The predicted molar refractivity (Wildman–Crippen MR) is 86.9 cm³/mol. The molecule has 1 saturated heterocycles. The van der Waals surface area contributed by atoms with Gasteiger partial charge in [-0.05, 0) is 12.1 Å². The van der Waals surface area contributed by atoms with Crippen molar-refractivity contribution in [3.05, 3.63) is 29.6 Å². The first-order valence-corrected chi connectivity index (χ1v) is 7.86. The largest absolute Gasteiger partial charge is 0.417 e. The molecule has 0 saturated carbocycles. The van der Waals surface area contributed by atoms with Crippen LogP contribution in [0.3, 0.4) is 0 Å². The SMILES string of the molecule is NC(=O)c1cc2c(cc1C(F)(F)F)nc(N1CCNCC1)c1nncn12. The number of benzene rings is 1. The lowest BCUT2D eigenvalue weighted by Gasteiger charge is -2.28. The Kier molecular flexibility index (Phi) is 3.68. The van der Waals surface area contributed by atoms with Crippen LogP contribution >= 0.6 is 0 Å². The van der Waals surface area contributed by atoms with Gasteiger partial charge in [0.15, 0.2) is 5.82 Å². The summed E-state index contributed by atoms with van der Waals surface area (Å²) in [4.78, 5) is 17.9. The lowest BCUT2D eigenvalue weighted by atomic mass is 10.0. The molecular formula is C15H14F3N7O. The van der Waals surface area contributed by atoms with E-state index in [1.165, 1.54) is 10.7 Å². The Bertz CT molecular complexity index is 1010. The first kappa shape index (κ1) is 16.5. The van der Waals surface area contributed by atoms with Gasteiger partial charge >= 0.3 is 6.18 Å². The number of amides is 1. The Hall–Kier alpha value is -2.95. The molecule has 11 heteroatoms. The van der Waals surface area contributed by atoms with Gasteiger partial charge in [-0.3, -0.25) is 9.20 Å². The Morgan fingerprint density at radius 3 is 2.62 bits per heavy atom. The summed E-state index contributed by atoms with van der Waals surface area (Å²) in [7, 11) is 0. The molecule has 3 heterocycles. The smallest absolute Gasteiger partial charge is 0.366 e. The van der Waals surface area contributed by atoms with E-state index >= 15 is 0 Å². The van der Waals surface area contributed by atoms with Crippen molar-refractivity contribution in [2.45, 2.75) is 6.18 Å². The maximum Gasteiger partial charge on any atom is 0.417 e. The van der Waals surface area contributed by atoms with Crippen LogP contribution in [0.1, 0.15) is 15.9 Å². The fourth-order valence-corrected chi connectivity index (χ4v) is 3.11. The second-order valence-corrected chi connectivity index (χ2v) is 5.95. The minimum Gasteiger partial charge on any atom is -0.366 e. The van der Waals surface area contributed by atoms with Gasteiger partial charge in [0.05, 0.1) is 22.2 Å². The molecule has 4 rings (SSSR count). The lowest BCUT2D eigenvalue weighted by molar-refractivity contribution is -0.137. The normalized spacial score (nSPS) is 15.7. The molecule has 3 aromatic rings. The number of anilines is 1. The van der Waals surface area contributed by atoms with E-state index in [2.05, 4.69) is 20.5 Å². The third-order valence-corrected chi connectivity index (χ3v) is 4.34. The average molecular weight is 365 g/mol. The predicted octanol–water partition coefficient (Wildman–Crippen LogP) is 0.805. The van der Waals surface area contributed by atoms with Crippen LogP contribution in [0.15, 0.2) is 18.5 Å². The Morgan fingerprint density at radius 1 is 1.23 bits per heavy atom. The van der Waals surface area contributed by atoms with Crippen molar-refractivity contribution in [3.63, 3.8) is 0 Å². The molecule has 0 unspecified atom stereocenters. The van der Waals surface area contributed by atoms with Gasteiger partial charge in [0.1, 0.15) is 6.33 Å². The van der Waals surface area contributed by atoms with E-state index in [0.29, 0.717) is 24.6 Å². The molecule has 0 aliphatic carbocycles. The average Bonchev–Trinajstić information content (AvgIpc) is 3.09. The summed E-state index contributed by atoms with van der Waals surface area (Å²) in [5.74, 6) is -0.705. The second-order valence-electron chi connectivity index (χ2n) is 5.95. The number of hydrogen-bond donors (Lipinski definition) is 2. The molecule has 8 nitrogen and oxygen atoms in total. The van der Waals surface area contributed by atoms with Crippen molar-refractivity contribution in [3.8, 4) is 0 Å². The van der Waals surface area contributed by atoms with Gasteiger partial charge in [0.2, 0.25) is 11.6 Å². The maximum absolute atomic E-state index is 13.4. The summed E-state index contributed by atoms with van der Waals surface area (Å²) in [6.07, 6.45) is -3.35. The zero-order valence-corrected chi connectivity index (χ0v) is 13.4. The highest BCUT2D eigenvalue weighted by atomic mass is 19.4. The van der Waals surface area contributed by atoms with E-state index in [-0.39, 0.29) is 11.0 Å². The van der Waals surface area contributed by atoms with Gasteiger partial charge in [-0.15, -0.1) is 10.2 Å².